The van der Waals surface area contributed by atoms with E-state index in [2.05, 4.69) is 4.72 Å². The van der Waals surface area contributed by atoms with Crippen LogP contribution in [0.25, 0.3) is 0 Å². The fourth-order valence-corrected chi connectivity index (χ4v) is 4.37. The summed E-state index contributed by atoms with van der Waals surface area (Å²) in [5.74, 6) is 0. The first-order valence-corrected chi connectivity index (χ1v) is 9.00. The van der Waals surface area contributed by atoms with Crippen LogP contribution in [0.1, 0.15) is 24.8 Å². The molecule has 1 saturated carbocycles. The zero-order valence-electron chi connectivity index (χ0n) is 11.3. The summed E-state index contributed by atoms with van der Waals surface area (Å²) in [7, 11) is -3.44. The van der Waals surface area contributed by atoms with Crippen LogP contribution in [0.5, 0.6) is 0 Å². The van der Waals surface area contributed by atoms with Gasteiger partial charge in [-0.2, -0.15) is 11.8 Å². The molecule has 0 aliphatic heterocycles. The Morgan fingerprint density at radius 2 is 2.11 bits per heavy atom. The fraction of sp³-hybridized carbons (Fsp3) is 0.538. The summed E-state index contributed by atoms with van der Waals surface area (Å²) in [6.07, 6.45) is 5.39. The van der Waals surface area contributed by atoms with E-state index in [1.165, 1.54) is 6.42 Å². The molecule has 106 valence electrons. The summed E-state index contributed by atoms with van der Waals surface area (Å²) in [6, 6.07) is 4.80. The van der Waals surface area contributed by atoms with Crippen LogP contribution in [0.15, 0.2) is 23.1 Å². The molecule has 0 unspecified atom stereocenters. The Bertz CT molecular complexity index is 560. The normalized spacial score (nSPS) is 18.0. The number of nitrogen functional groups attached to an aromatic ring is 1. The molecule has 0 heterocycles. The maximum atomic E-state index is 12.2. The second-order valence-electron chi connectivity index (χ2n) is 5.08. The second kappa shape index (κ2) is 5.34. The Morgan fingerprint density at radius 1 is 1.42 bits per heavy atom. The van der Waals surface area contributed by atoms with Crippen molar-refractivity contribution in [1.29, 1.82) is 0 Å². The highest BCUT2D eigenvalue weighted by molar-refractivity contribution is 8.00. The van der Waals surface area contributed by atoms with Crippen molar-refractivity contribution < 1.29 is 8.42 Å². The predicted octanol–water partition coefficient (Wildman–Crippen LogP) is 2.14. The minimum Gasteiger partial charge on any atom is -0.399 e. The smallest absolute Gasteiger partial charge is 0.240 e. The molecule has 0 bridgehead atoms. The van der Waals surface area contributed by atoms with Gasteiger partial charge in [0.25, 0.3) is 0 Å². The molecule has 0 radical (unpaired) electrons. The van der Waals surface area contributed by atoms with Gasteiger partial charge in [-0.25, -0.2) is 13.1 Å². The Morgan fingerprint density at radius 3 is 2.58 bits per heavy atom. The Labute approximate surface area is 119 Å². The van der Waals surface area contributed by atoms with Crippen LogP contribution in [-0.2, 0) is 10.0 Å². The number of nitrogens with one attached hydrogen (secondary N) is 1. The third-order valence-electron chi connectivity index (χ3n) is 3.83. The highest BCUT2D eigenvalue weighted by Gasteiger charge is 2.37. The van der Waals surface area contributed by atoms with E-state index in [4.69, 9.17) is 5.73 Å². The number of thioether (sulfide) groups is 1. The summed E-state index contributed by atoms with van der Waals surface area (Å²) < 4.78 is 27.3. The number of nitrogens with two attached hydrogens (primary N) is 1. The van der Waals surface area contributed by atoms with Crippen LogP contribution in [0.3, 0.4) is 0 Å². The van der Waals surface area contributed by atoms with Gasteiger partial charge in [0, 0.05) is 17.0 Å². The third-order valence-corrected chi connectivity index (χ3v) is 6.65. The van der Waals surface area contributed by atoms with Gasteiger partial charge in [-0.1, -0.05) is 6.42 Å². The molecule has 1 fully saturated rings. The lowest BCUT2D eigenvalue weighted by molar-refractivity contribution is 0.362. The van der Waals surface area contributed by atoms with Gasteiger partial charge in [0.05, 0.1) is 4.90 Å². The summed E-state index contributed by atoms with van der Waals surface area (Å²) in [6.45, 7) is 2.31. The number of hydrogen-bond donors (Lipinski definition) is 2. The molecule has 0 aromatic heterocycles. The summed E-state index contributed by atoms with van der Waals surface area (Å²) >= 11 is 1.75. The van der Waals surface area contributed by atoms with Gasteiger partial charge >= 0.3 is 0 Å². The van der Waals surface area contributed by atoms with Crippen molar-refractivity contribution >= 4 is 27.5 Å². The number of anilines is 1. The first-order valence-electron chi connectivity index (χ1n) is 6.29. The van der Waals surface area contributed by atoms with E-state index in [0.29, 0.717) is 12.2 Å². The van der Waals surface area contributed by atoms with Gasteiger partial charge in [0.15, 0.2) is 0 Å². The van der Waals surface area contributed by atoms with Gasteiger partial charge in [0.1, 0.15) is 0 Å². The fourth-order valence-electron chi connectivity index (χ4n) is 2.15. The molecule has 0 saturated heterocycles. The molecule has 0 amide bonds. The van der Waals surface area contributed by atoms with E-state index < -0.39 is 10.0 Å². The van der Waals surface area contributed by atoms with Crippen molar-refractivity contribution in [3.8, 4) is 0 Å². The van der Waals surface area contributed by atoms with Crippen molar-refractivity contribution in [2.24, 2.45) is 0 Å². The Hall–Kier alpha value is -0.720. The van der Waals surface area contributed by atoms with Crippen molar-refractivity contribution in [3.05, 3.63) is 23.8 Å². The number of rotatable bonds is 5. The van der Waals surface area contributed by atoms with Gasteiger partial charge in [-0.3, -0.25) is 0 Å². The molecule has 1 aromatic carbocycles. The molecule has 1 aliphatic rings. The van der Waals surface area contributed by atoms with Crippen molar-refractivity contribution in [3.63, 3.8) is 0 Å². The first kappa shape index (κ1) is 14.7. The second-order valence-corrected chi connectivity index (χ2v) is 8.12. The van der Waals surface area contributed by atoms with E-state index in [1.54, 1.807) is 30.0 Å². The molecule has 2 rings (SSSR count). The first-order chi connectivity index (χ1) is 8.88. The minimum atomic E-state index is -3.44. The lowest BCUT2D eigenvalue weighted by atomic mass is 9.84. The standard InChI is InChI=1S/C13H20N2O2S2/c1-10-8-11(4-5-12(10)14)19(16,17)15-9-13(18-2)6-3-7-13/h4-5,8,15H,3,6-7,9,14H2,1-2H3. The highest BCUT2D eigenvalue weighted by atomic mass is 32.2. The molecule has 0 spiro atoms. The van der Waals surface area contributed by atoms with Gasteiger partial charge in [-0.05, 0) is 49.8 Å². The molecular weight excluding hydrogens is 280 g/mol. The largest absolute Gasteiger partial charge is 0.399 e. The van der Waals surface area contributed by atoms with Gasteiger partial charge < -0.3 is 5.73 Å². The molecular formula is C13H20N2O2S2. The van der Waals surface area contributed by atoms with Crippen molar-refractivity contribution in [2.75, 3.05) is 18.5 Å². The topological polar surface area (TPSA) is 72.2 Å². The predicted molar refractivity (Wildman–Crippen MR) is 80.9 cm³/mol. The Kier molecular flexibility index (Phi) is 4.13. The monoisotopic (exact) mass is 300 g/mol. The maximum absolute atomic E-state index is 12.2. The summed E-state index contributed by atoms with van der Waals surface area (Å²) in [5.41, 5.74) is 7.10. The van der Waals surface area contributed by atoms with Crippen LogP contribution in [0.2, 0.25) is 0 Å². The van der Waals surface area contributed by atoms with E-state index in [1.807, 2.05) is 13.2 Å². The van der Waals surface area contributed by atoms with E-state index >= 15 is 0 Å². The molecule has 3 N–H and O–H groups in total. The van der Waals surface area contributed by atoms with Crippen LogP contribution >= 0.6 is 11.8 Å². The average molecular weight is 300 g/mol. The van der Waals surface area contributed by atoms with E-state index in [9.17, 15) is 8.42 Å². The summed E-state index contributed by atoms with van der Waals surface area (Å²) in [4.78, 5) is 0.287. The average Bonchev–Trinajstić information content (AvgIpc) is 2.31. The SMILES string of the molecule is CSC1(CNS(=O)(=O)c2ccc(N)c(C)c2)CCC1. The van der Waals surface area contributed by atoms with Crippen LogP contribution < -0.4 is 10.5 Å². The lowest BCUT2D eigenvalue weighted by Gasteiger charge is -2.40. The third kappa shape index (κ3) is 3.07. The lowest BCUT2D eigenvalue weighted by Crippen LogP contribution is -2.45. The number of hydrogen-bond acceptors (Lipinski definition) is 4. The molecule has 1 aromatic rings. The number of benzene rings is 1. The van der Waals surface area contributed by atoms with Crippen LogP contribution in [0.4, 0.5) is 5.69 Å². The quantitative estimate of drug-likeness (QED) is 0.817. The van der Waals surface area contributed by atoms with Crippen molar-refractivity contribution in [1.82, 2.24) is 4.72 Å². The summed E-state index contributed by atoms with van der Waals surface area (Å²) in [5, 5.41) is 0. The van der Waals surface area contributed by atoms with E-state index in [-0.39, 0.29) is 9.64 Å². The number of sulfonamides is 1. The number of aryl methyl sites for hydroxylation is 1. The maximum Gasteiger partial charge on any atom is 0.240 e. The van der Waals surface area contributed by atoms with Crippen molar-refractivity contribution in [2.45, 2.75) is 35.8 Å². The molecule has 6 heteroatoms. The molecule has 4 nitrogen and oxygen atoms in total. The van der Waals surface area contributed by atoms with Crippen LogP contribution in [-0.4, -0.2) is 26.0 Å². The molecule has 1 aliphatic carbocycles. The van der Waals surface area contributed by atoms with E-state index in [0.717, 1.165) is 18.4 Å². The minimum absolute atomic E-state index is 0.0932. The highest BCUT2D eigenvalue weighted by Crippen LogP contribution is 2.42. The zero-order valence-corrected chi connectivity index (χ0v) is 12.9. The van der Waals surface area contributed by atoms with Crippen LogP contribution in [0, 0.1) is 6.92 Å². The Balaban J connectivity index is 2.11. The van der Waals surface area contributed by atoms with Gasteiger partial charge in [-0.15, -0.1) is 0 Å². The van der Waals surface area contributed by atoms with Gasteiger partial charge in [0.2, 0.25) is 10.0 Å². The zero-order chi connectivity index (χ0) is 14.1. The molecule has 0 atom stereocenters. The molecule has 19 heavy (non-hydrogen) atoms.